The lowest BCUT2D eigenvalue weighted by atomic mass is 9.86. The van der Waals surface area contributed by atoms with E-state index >= 15 is 0 Å². The van der Waals surface area contributed by atoms with Crippen molar-refractivity contribution in [3.05, 3.63) is 52.8 Å². The minimum atomic E-state index is 0.0147. The number of hydrogen-bond donors (Lipinski definition) is 0. The number of unbranched alkanes of at least 4 members (excludes halogenated alkanes) is 1. The summed E-state index contributed by atoms with van der Waals surface area (Å²) in [6.07, 6.45) is 3.56. The van der Waals surface area contributed by atoms with Crippen LogP contribution in [0.2, 0.25) is 5.02 Å². The van der Waals surface area contributed by atoms with E-state index in [1.54, 1.807) is 12.3 Å². The lowest BCUT2D eigenvalue weighted by Gasteiger charge is -2.20. The third-order valence-electron chi connectivity index (χ3n) is 4.66. The van der Waals surface area contributed by atoms with Crippen molar-refractivity contribution in [3.63, 3.8) is 0 Å². The number of halogens is 1. The number of ether oxygens (including phenoxy) is 1. The van der Waals surface area contributed by atoms with E-state index in [1.807, 2.05) is 18.2 Å². The molecule has 0 radical (unpaired) electrons. The average Bonchev–Trinajstić information content (AvgIpc) is 2.66. The topological polar surface area (TPSA) is 58.8 Å². The molecule has 3 aromatic rings. The van der Waals surface area contributed by atoms with Crippen molar-refractivity contribution in [2.45, 2.75) is 46.0 Å². The number of nitriles is 1. The third kappa shape index (κ3) is 4.10. The minimum Gasteiger partial charge on any atom is -0.493 e. The molecule has 144 valence electrons. The van der Waals surface area contributed by atoms with E-state index in [-0.39, 0.29) is 5.41 Å². The molecule has 0 bridgehead atoms. The number of aromatic nitrogens is 2. The van der Waals surface area contributed by atoms with Crippen LogP contribution in [-0.4, -0.2) is 16.6 Å². The van der Waals surface area contributed by atoms with Gasteiger partial charge in [0.15, 0.2) is 5.69 Å². The number of benzene rings is 1. The predicted molar refractivity (Wildman–Crippen MR) is 114 cm³/mol. The number of rotatable bonds is 5. The van der Waals surface area contributed by atoms with Crippen molar-refractivity contribution in [2.75, 3.05) is 6.61 Å². The Morgan fingerprint density at radius 1 is 1.18 bits per heavy atom. The lowest BCUT2D eigenvalue weighted by Crippen LogP contribution is -2.10. The Morgan fingerprint density at radius 3 is 2.61 bits per heavy atom. The highest BCUT2D eigenvalue weighted by molar-refractivity contribution is 6.33. The van der Waals surface area contributed by atoms with Gasteiger partial charge in [0.25, 0.3) is 0 Å². The molecule has 0 unspecified atom stereocenters. The van der Waals surface area contributed by atoms with Crippen LogP contribution in [0.1, 0.15) is 51.8 Å². The summed E-state index contributed by atoms with van der Waals surface area (Å²) >= 11 is 6.61. The second-order valence-corrected chi connectivity index (χ2v) is 8.22. The van der Waals surface area contributed by atoms with Crippen LogP contribution < -0.4 is 4.74 Å². The molecule has 0 aliphatic carbocycles. The van der Waals surface area contributed by atoms with Crippen LogP contribution in [0, 0.1) is 11.3 Å². The van der Waals surface area contributed by atoms with Gasteiger partial charge in [-0.25, -0.2) is 9.97 Å². The van der Waals surface area contributed by atoms with Gasteiger partial charge in [-0.15, -0.1) is 0 Å². The molecule has 0 saturated carbocycles. The molecule has 0 aliphatic heterocycles. The molecule has 4 nitrogen and oxygen atoms in total. The zero-order valence-electron chi connectivity index (χ0n) is 16.7. The highest BCUT2D eigenvalue weighted by Gasteiger charge is 2.18. The van der Waals surface area contributed by atoms with Crippen LogP contribution >= 0.6 is 11.6 Å². The van der Waals surface area contributed by atoms with Crippen molar-refractivity contribution >= 4 is 22.5 Å². The summed E-state index contributed by atoms with van der Waals surface area (Å²) in [6, 6.07) is 11.9. The third-order valence-corrected chi connectivity index (χ3v) is 4.97. The predicted octanol–water partition coefficient (Wildman–Crippen LogP) is 6.30. The normalized spacial score (nSPS) is 11.4. The fourth-order valence-electron chi connectivity index (χ4n) is 3.00. The Bertz CT molecular complexity index is 1050. The second-order valence-electron chi connectivity index (χ2n) is 7.82. The quantitative estimate of drug-likeness (QED) is 0.477. The molecule has 0 atom stereocenters. The molecule has 5 heteroatoms. The average molecular weight is 394 g/mol. The molecule has 3 rings (SSSR count). The molecule has 0 fully saturated rings. The van der Waals surface area contributed by atoms with Gasteiger partial charge in [0.05, 0.1) is 28.2 Å². The van der Waals surface area contributed by atoms with Gasteiger partial charge in [0, 0.05) is 17.8 Å². The largest absolute Gasteiger partial charge is 0.493 e. The Balaban J connectivity index is 2.16. The molecule has 1 aromatic carbocycles. The van der Waals surface area contributed by atoms with E-state index in [2.05, 4.69) is 44.8 Å². The van der Waals surface area contributed by atoms with Gasteiger partial charge in [0.2, 0.25) is 0 Å². The van der Waals surface area contributed by atoms with Crippen molar-refractivity contribution in [1.82, 2.24) is 9.97 Å². The highest BCUT2D eigenvalue weighted by Crippen LogP contribution is 2.36. The van der Waals surface area contributed by atoms with Gasteiger partial charge in [-0.05, 0) is 29.5 Å². The zero-order valence-corrected chi connectivity index (χ0v) is 17.5. The summed E-state index contributed by atoms with van der Waals surface area (Å²) in [7, 11) is 0. The van der Waals surface area contributed by atoms with Crippen molar-refractivity contribution in [3.8, 4) is 23.1 Å². The van der Waals surface area contributed by atoms with E-state index < -0.39 is 0 Å². The van der Waals surface area contributed by atoms with E-state index in [9.17, 15) is 5.26 Å². The smallest absolute Gasteiger partial charge is 0.153 e. The SMILES string of the molecule is CCCCOc1cc(-c2ccc(C(C)(C)C)cc2Cl)nc2ccnc(C#N)c12. The fraction of sp³-hybridized carbons (Fsp3) is 0.348. The van der Waals surface area contributed by atoms with Crippen molar-refractivity contribution in [1.29, 1.82) is 5.26 Å². The summed E-state index contributed by atoms with van der Waals surface area (Å²) in [4.78, 5) is 8.91. The lowest BCUT2D eigenvalue weighted by molar-refractivity contribution is 0.313. The van der Waals surface area contributed by atoms with Crippen LogP contribution in [0.25, 0.3) is 22.2 Å². The Kier molecular flexibility index (Phi) is 5.86. The van der Waals surface area contributed by atoms with Gasteiger partial charge >= 0.3 is 0 Å². The van der Waals surface area contributed by atoms with Gasteiger partial charge in [0.1, 0.15) is 11.8 Å². The molecule has 0 amide bonds. The van der Waals surface area contributed by atoms with E-state index in [1.165, 1.54) is 0 Å². The first-order valence-electron chi connectivity index (χ1n) is 9.48. The highest BCUT2D eigenvalue weighted by atomic mass is 35.5. The van der Waals surface area contributed by atoms with Crippen LogP contribution in [-0.2, 0) is 5.41 Å². The molecule has 0 saturated heterocycles. The van der Waals surface area contributed by atoms with E-state index in [0.29, 0.717) is 34.0 Å². The van der Waals surface area contributed by atoms with Crippen LogP contribution in [0.4, 0.5) is 0 Å². The van der Waals surface area contributed by atoms with E-state index in [0.717, 1.165) is 29.7 Å². The first-order valence-corrected chi connectivity index (χ1v) is 9.86. The molecular formula is C23H24ClN3O. The maximum Gasteiger partial charge on any atom is 0.153 e. The fourth-order valence-corrected chi connectivity index (χ4v) is 3.28. The summed E-state index contributed by atoms with van der Waals surface area (Å²) in [5, 5.41) is 10.7. The Hall–Kier alpha value is -2.64. The van der Waals surface area contributed by atoms with Gasteiger partial charge in [-0.3, -0.25) is 0 Å². The maximum absolute atomic E-state index is 9.45. The van der Waals surface area contributed by atoms with Crippen LogP contribution in [0.5, 0.6) is 5.75 Å². The summed E-state index contributed by atoms with van der Waals surface area (Å²) in [6.45, 7) is 9.15. The summed E-state index contributed by atoms with van der Waals surface area (Å²) in [5.41, 5.74) is 3.73. The number of pyridine rings is 2. The Labute approximate surface area is 171 Å². The first-order chi connectivity index (χ1) is 13.3. The number of hydrogen-bond acceptors (Lipinski definition) is 4. The van der Waals surface area contributed by atoms with Crippen molar-refractivity contribution in [2.24, 2.45) is 0 Å². The molecule has 28 heavy (non-hydrogen) atoms. The molecule has 0 spiro atoms. The Morgan fingerprint density at radius 2 is 1.96 bits per heavy atom. The van der Waals surface area contributed by atoms with Crippen LogP contribution in [0.3, 0.4) is 0 Å². The standard InChI is InChI=1S/C23H24ClN3O/c1-5-6-11-28-21-13-19(27-18-9-10-26-20(14-25)22(18)21)16-8-7-15(12-17(16)24)23(2,3)4/h7-10,12-13H,5-6,11H2,1-4H3. The maximum atomic E-state index is 9.45. The number of nitrogens with zero attached hydrogens (tertiary/aromatic N) is 3. The van der Waals surface area contributed by atoms with E-state index in [4.69, 9.17) is 21.3 Å². The zero-order chi connectivity index (χ0) is 20.3. The molecule has 2 heterocycles. The molecule has 0 N–H and O–H groups in total. The van der Waals surface area contributed by atoms with Gasteiger partial charge in [-0.1, -0.05) is 57.8 Å². The number of fused-ring (bicyclic) bond motifs is 1. The molecule has 0 aliphatic rings. The van der Waals surface area contributed by atoms with Gasteiger partial charge < -0.3 is 4.74 Å². The molecular weight excluding hydrogens is 370 g/mol. The summed E-state index contributed by atoms with van der Waals surface area (Å²) in [5.74, 6) is 0.620. The van der Waals surface area contributed by atoms with Crippen molar-refractivity contribution < 1.29 is 4.74 Å². The monoisotopic (exact) mass is 393 g/mol. The molecule has 2 aromatic heterocycles. The minimum absolute atomic E-state index is 0.0147. The second kappa shape index (κ2) is 8.16. The summed E-state index contributed by atoms with van der Waals surface area (Å²) < 4.78 is 6.01. The van der Waals surface area contributed by atoms with Crippen LogP contribution in [0.15, 0.2) is 36.5 Å². The van der Waals surface area contributed by atoms with Gasteiger partial charge in [-0.2, -0.15) is 5.26 Å². The first kappa shape index (κ1) is 20.1.